The number of nitrogens with two attached hydrogens (primary N) is 1. The summed E-state index contributed by atoms with van der Waals surface area (Å²) in [5, 5.41) is 7.71. The predicted molar refractivity (Wildman–Crippen MR) is 65.9 cm³/mol. The molecule has 1 atom stereocenters. The summed E-state index contributed by atoms with van der Waals surface area (Å²) in [6, 6.07) is 5.91. The van der Waals surface area contributed by atoms with E-state index < -0.39 is 0 Å². The number of benzene rings is 1. The van der Waals surface area contributed by atoms with Gasteiger partial charge in [0.25, 0.3) is 0 Å². The summed E-state index contributed by atoms with van der Waals surface area (Å²) in [6.45, 7) is 2.05. The van der Waals surface area contributed by atoms with Crippen LogP contribution in [0, 0.1) is 6.92 Å². The fraction of sp³-hybridized carbons (Fsp3) is 0.273. The molecule has 0 aliphatic carbocycles. The lowest BCUT2D eigenvalue weighted by Crippen LogP contribution is -2.16. The van der Waals surface area contributed by atoms with E-state index in [2.05, 4.69) is 32.3 Å². The number of hydrogen-bond acceptors (Lipinski definition) is 3. The number of aryl methyl sites for hydroxylation is 2. The van der Waals surface area contributed by atoms with E-state index in [0.29, 0.717) is 0 Å². The SMILES string of the molecule is Cc1ccc(C(N)c2cnnn2C)c(Br)c1. The van der Waals surface area contributed by atoms with Gasteiger partial charge in [0.15, 0.2) is 0 Å². The van der Waals surface area contributed by atoms with Gasteiger partial charge < -0.3 is 5.73 Å². The van der Waals surface area contributed by atoms with Crippen molar-refractivity contribution in [3.8, 4) is 0 Å². The molecule has 0 aliphatic rings. The number of aromatic nitrogens is 3. The normalized spacial score (nSPS) is 12.8. The van der Waals surface area contributed by atoms with E-state index in [4.69, 9.17) is 5.73 Å². The van der Waals surface area contributed by atoms with Gasteiger partial charge in [-0.05, 0) is 24.1 Å². The molecule has 4 nitrogen and oxygen atoms in total. The molecular weight excluding hydrogens is 268 g/mol. The average Bonchev–Trinajstić information content (AvgIpc) is 2.63. The standard InChI is InChI=1S/C11H13BrN4/c1-7-3-4-8(9(12)5-7)11(13)10-6-14-15-16(10)2/h3-6,11H,13H2,1-2H3. The summed E-state index contributed by atoms with van der Waals surface area (Å²) in [5.74, 6) is 0. The molecule has 0 saturated heterocycles. The summed E-state index contributed by atoms with van der Waals surface area (Å²) in [5.41, 5.74) is 9.31. The minimum Gasteiger partial charge on any atom is -0.319 e. The quantitative estimate of drug-likeness (QED) is 0.915. The maximum absolute atomic E-state index is 6.18. The molecular formula is C11H13BrN4. The van der Waals surface area contributed by atoms with Gasteiger partial charge in [0.1, 0.15) is 0 Å². The van der Waals surface area contributed by atoms with Crippen LogP contribution in [0.1, 0.15) is 22.9 Å². The monoisotopic (exact) mass is 280 g/mol. The van der Waals surface area contributed by atoms with E-state index in [0.717, 1.165) is 15.7 Å². The lowest BCUT2D eigenvalue weighted by atomic mass is 10.0. The minimum atomic E-state index is -0.213. The summed E-state index contributed by atoms with van der Waals surface area (Å²) < 4.78 is 2.71. The first-order valence-electron chi connectivity index (χ1n) is 4.96. The molecule has 0 bridgehead atoms. The Balaban J connectivity index is 2.41. The highest BCUT2D eigenvalue weighted by molar-refractivity contribution is 9.10. The fourth-order valence-electron chi connectivity index (χ4n) is 1.62. The van der Waals surface area contributed by atoms with Crippen molar-refractivity contribution in [1.29, 1.82) is 0 Å². The molecule has 1 heterocycles. The molecule has 0 spiro atoms. The van der Waals surface area contributed by atoms with Crippen LogP contribution in [-0.4, -0.2) is 15.0 Å². The highest BCUT2D eigenvalue weighted by Gasteiger charge is 2.15. The maximum Gasteiger partial charge on any atom is 0.0796 e. The van der Waals surface area contributed by atoms with Crippen molar-refractivity contribution in [3.05, 3.63) is 45.7 Å². The van der Waals surface area contributed by atoms with Gasteiger partial charge in [-0.15, -0.1) is 5.10 Å². The maximum atomic E-state index is 6.18. The molecule has 1 aromatic carbocycles. The molecule has 0 radical (unpaired) electrons. The van der Waals surface area contributed by atoms with Gasteiger partial charge in [0.2, 0.25) is 0 Å². The Morgan fingerprint density at radius 2 is 2.19 bits per heavy atom. The fourth-order valence-corrected chi connectivity index (χ4v) is 2.36. The molecule has 1 aromatic heterocycles. The number of halogens is 1. The predicted octanol–water partition coefficient (Wildman–Crippen LogP) is 1.93. The Morgan fingerprint density at radius 1 is 1.44 bits per heavy atom. The molecule has 0 amide bonds. The Labute approximate surface area is 103 Å². The first kappa shape index (κ1) is 11.3. The van der Waals surface area contributed by atoms with E-state index >= 15 is 0 Å². The van der Waals surface area contributed by atoms with Crippen LogP contribution < -0.4 is 5.73 Å². The van der Waals surface area contributed by atoms with Crippen LogP contribution in [0.5, 0.6) is 0 Å². The molecule has 0 fully saturated rings. The van der Waals surface area contributed by atoms with Gasteiger partial charge >= 0.3 is 0 Å². The van der Waals surface area contributed by atoms with Crippen molar-refractivity contribution in [1.82, 2.24) is 15.0 Å². The molecule has 1 unspecified atom stereocenters. The molecule has 84 valence electrons. The second kappa shape index (κ2) is 4.35. The van der Waals surface area contributed by atoms with Crippen LogP contribution in [0.2, 0.25) is 0 Å². The summed E-state index contributed by atoms with van der Waals surface area (Å²) in [4.78, 5) is 0. The zero-order valence-corrected chi connectivity index (χ0v) is 10.8. The van der Waals surface area contributed by atoms with E-state index in [1.165, 1.54) is 5.56 Å². The Kier molecular flexibility index (Phi) is 3.07. The third kappa shape index (κ3) is 2.01. The van der Waals surface area contributed by atoms with Crippen molar-refractivity contribution in [2.24, 2.45) is 12.8 Å². The van der Waals surface area contributed by atoms with Crippen LogP contribution >= 0.6 is 15.9 Å². The van der Waals surface area contributed by atoms with Crippen molar-refractivity contribution in [3.63, 3.8) is 0 Å². The average molecular weight is 281 g/mol. The van der Waals surface area contributed by atoms with Gasteiger partial charge in [-0.3, -0.25) is 4.68 Å². The third-order valence-corrected chi connectivity index (χ3v) is 3.25. The highest BCUT2D eigenvalue weighted by atomic mass is 79.9. The van der Waals surface area contributed by atoms with Gasteiger partial charge in [-0.25, -0.2) is 0 Å². The van der Waals surface area contributed by atoms with Gasteiger partial charge in [-0.1, -0.05) is 33.3 Å². The van der Waals surface area contributed by atoms with Crippen LogP contribution in [-0.2, 0) is 7.05 Å². The van der Waals surface area contributed by atoms with Crippen LogP contribution in [0.25, 0.3) is 0 Å². The van der Waals surface area contributed by atoms with Crippen LogP contribution in [0.4, 0.5) is 0 Å². The van der Waals surface area contributed by atoms with Gasteiger partial charge in [0, 0.05) is 11.5 Å². The Morgan fingerprint density at radius 3 is 2.75 bits per heavy atom. The van der Waals surface area contributed by atoms with Crippen molar-refractivity contribution in [2.45, 2.75) is 13.0 Å². The molecule has 2 aromatic rings. The Bertz CT molecular complexity index is 506. The zero-order chi connectivity index (χ0) is 11.7. The first-order valence-corrected chi connectivity index (χ1v) is 5.75. The molecule has 2 N–H and O–H groups in total. The van der Waals surface area contributed by atoms with E-state index in [-0.39, 0.29) is 6.04 Å². The molecule has 5 heteroatoms. The van der Waals surface area contributed by atoms with Crippen molar-refractivity contribution in [2.75, 3.05) is 0 Å². The van der Waals surface area contributed by atoms with Gasteiger partial charge in [-0.2, -0.15) is 0 Å². The summed E-state index contributed by atoms with van der Waals surface area (Å²) >= 11 is 3.53. The lowest BCUT2D eigenvalue weighted by molar-refractivity contribution is 0.650. The van der Waals surface area contributed by atoms with Gasteiger partial charge in [0.05, 0.1) is 17.9 Å². The first-order chi connectivity index (χ1) is 7.59. The Hall–Kier alpha value is -1.20. The molecule has 16 heavy (non-hydrogen) atoms. The summed E-state index contributed by atoms with van der Waals surface area (Å²) in [6.07, 6.45) is 1.69. The number of nitrogens with zero attached hydrogens (tertiary/aromatic N) is 3. The largest absolute Gasteiger partial charge is 0.319 e. The van der Waals surface area contributed by atoms with Crippen LogP contribution in [0.3, 0.4) is 0 Å². The van der Waals surface area contributed by atoms with Crippen molar-refractivity contribution < 1.29 is 0 Å². The highest BCUT2D eigenvalue weighted by Crippen LogP contribution is 2.26. The van der Waals surface area contributed by atoms with Crippen molar-refractivity contribution >= 4 is 15.9 Å². The van der Waals surface area contributed by atoms with E-state index in [1.807, 2.05) is 26.1 Å². The second-order valence-corrected chi connectivity index (χ2v) is 4.64. The lowest BCUT2D eigenvalue weighted by Gasteiger charge is -2.13. The minimum absolute atomic E-state index is 0.213. The van der Waals surface area contributed by atoms with E-state index in [9.17, 15) is 0 Å². The zero-order valence-electron chi connectivity index (χ0n) is 9.18. The number of hydrogen-bond donors (Lipinski definition) is 1. The third-order valence-electron chi connectivity index (χ3n) is 2.56. The molecule has 0 saturated carbocycles. The molecule has 0 aliphatic heterocycles. The topological polar surface area (TPSA) is 56.7 Å². The van der Waals surface area contributed by atoms with Crippen LogP contribution in [0.15, 0.2) is 28.9 Å². The smallest absolute Gasteiger partial charge is 0.0796 e. The number of rotatable bonds is 2. The van der Waals surface area contributed by atoms with E-state index in [1.54, 1.807) is 10.9 Å². The summed E-state index contributed by atoms with van der Waals surface area (Å²) in [7, 11) is 1.84. The molecule has 2 rings (SSSR count). The second-order valence-electron chi connectivity index (χ2n) is 3.79.